The minimum atomic E-state index is -0.884. The van der Waals surface area contributed by atoms with Crippen LogP contribution in [0.4, 0.5) is 4.39 Å². The SMILES string of the molecule is C=CCN(CC(=O)O)Cc1ccc(F)c(C)c1. The van der Waals surface area contributed by atoms with E-state index in [4.69, 9.17) is 5.11 Å². The number of aliphatic carboxylic acids is 1. The summed E-state index contributed by atoms with van der Waals surface area (Å²) in [6.45, 7) is 6.18. The molecule has 0 fully saturated rings. The average Bonchev–Trinajstić information content (AvgIpc) is 2.23. The van der Waals surface area contributed by atoms with Crippen LogP contribution in [0, 0.1) is 12.7 Å². The van der Waals surface area contributed by atoms with Crippen molar-refractivity contribution >= 4 is 5.97 Å². The van der Waals surface area contributed by atoms with Crippen molar-refractivity contribution in [2.75, 3.05) is 13.1 Å². The fraction of sp³-hybridized carbons (Fsp3) is 0.308. The second-order valence-electron chi connectivity index (χ2n) is 3.94. The van der Waals surface area contributed by atoms with E-state index in [1.807, 2.05) is 0 Å². The molecule has 92 valence electrons. The van der Waals surface area contributed by atoms with Gasteiger partial charge in [0.15, 0.2) is 0 Å². The number of hydrogen-bond acceptors (Lipinski definition) is 2. The smallest absolute Gasteiger partial charge is 0.317 e. The van der Waals surface area contributed by atoms with Gasteiger partial charge in [-0.15, -0.1) is 6.58 Å². The lowest BCUT2D eigenvalue weighted by Crippen LogP contribution is -2.29. The van der Waals surface area contributed by atoms with Crippen molar-refractivity contribution in [3.05, 3.63) is 47.8 Å². The summed E-state index contributed by atoms with van der Waals surface area (Å²) < 4.78 is 13.1. The normalized spacial score (nSPS) is 10.5. The van der Waals surface area contributed by atoms with Crippen molar-refractivity contribution in [1.82, 2.24) is 4.90 Å². The minimum Gasteiger partial charge on any atom is -0.480 e. The predicted octanol–water partition coefficient (Wildman–Crippen LogP) is 2.21. The predicted molar refractivity (Wildman–Crippen MR) is 64.2 cm³/mol. The first-order valence-electron chi connectivity index (χ1n) is 5.33. The van der Waals surface area contributed by atoms with Gasteiger partial charge in [0.1, 0.15) is 5.82 Å². The minimum absolute atomic E-state index is 0.0531. The molecule has 17 heavy (non-hydrogen) atoms. The van der Waals surface area contributed by atoms with E-state index >= 15 is 0 Å². The Hall–Kier alpha value is -1.68. The lowest BCUT2D eigenvalue weighted by Gasteiger charge is -2.18. The molecule has 0 amide bonds. The molecule has 0 aromatic heterocycles. The van der Waals surface area contributed by atoms with Gasteiger partial charge in [-0.1, -0.05) is 18.2 Å². The van der Waals surface area contributed by atoms with Crippen molar-refractivity contribution < 1.29 is 14.3 Å². The first-order chi connectivity index (χ1) is 8.02. The van der Waals surface area contributed by atoms with Gasteiger partial charge in [0.2, 0.25) is 0 Å². The topological polar surface area (TPSA) is 40.5 Å². The molecule has 4 heteroatoms. The summed E-state index contributed by atoms with van der Waals surface area (Å²) >= 11 is 0. The Balaban J connectivity index is 2.74. The number of carboxylic acids is 1. The van der Waals surface area contributed by atoms with Gasteiger partial charge in [0.25, 0.3) is 0 Å². The summed E-state index contributed by atoms with van der Waals surface area (Å²) in [6, 6.07) is 4.80. The van der Waals surface area contributed by atoms with Gasteiger partial charge in [0.05, 0.1) is 6.54 Å². The number of hydrogen-bond donors (Lipinski definition) is 1. The maximum Gasteiger partial charge on any atom is 0.317 e. The Morgan fingerprint density at radius 1 is 1.59 bits per heavy atom. The summed E-state index contributed by atoms with van der Waals surface area (Å²) in [5, 5.41) is 8.75. The van der Waals surface area contributed by atoms with Crippen LogP contribution >= 0.6 is 0 Å². The van der Waals surface area contributed by atoms with Crippen LogP contribution in [0.15, 0.2) is 30.9 Å². The second-order valence-corrected chi connectivity index (χ2v) is 3.94. The third-order valence-electron chi connectivity index (χ3n) is 2.37. The summed E-state index contributed by atoms with van der Waals surface area (Å²) in [5.74, 6) is -1.13. The van der Waals surface area contributed by atoms with Crippen LogP contribution in [0.3, 0.4) is 0 Å². The van der Waals surface area contributed by atoms with Crippen LogP contribution < -0.4 is 0 Å². The van der Waals surface area contributed by atoms with Gasteiger partial charge < -0.3 is 5.11 Å². The van der Waals surface area contributed by atoms with Gasteiger partial charge in [-0.3, -0.25) is 9.69 Å². The molecule has 1 N–H and O–H groups in total. The summed E-state index contributed by atoms with van der Waals surface area (Å²) in [5.41, 5.74) is 1.46. The molecule has 0 saturated carbocycles. The molecular formula is C13H16FNO2. The molecule has 0 aliphatic carbocycles. The van der Waals surface area contributed by atoms with E-state index in [0.29, 0.717) is 18.7 Å². The van der Waals surface area contributed by atoms with E-state index in [2.05, 4.69) is 6.58 Å². The molecule has 0 spiro atoms. The fourth-order valence-electron chi connectivity index (χ4n) is 1.62. The van der Waals surface area contributed by atoms with Crippen LogP contribution in [-0.2, 0) is 11.3 Å². The molecule has 0 bridgehead atoms. The van der Waals surface area contributed by atoms with Crippen molar-refractivity contribution in [1.29, 1.82) is 0 Å². The number of carbonyl (C=O) groups is 1. The molecule has 0 radical (unpaired) electrons. The average molecular weight is 237 g/mol. The first kappa shape index (κ1) is 13.4. The maximum absolute atomic E-state index is 13.1. The molecular weight excluding hydrogens is 221 g/mol. The fourth-order valence-corrected chi connectivity index (χ4v) is 1.62. The Morgan fingerprint density at radius 2 is 2.29 bits per heavy atom. The highest BCUT2D eigenvalue weighted by molar-refractivity contribution is 5.69. The highest BCUT2D eigenvalue weighted by Crippen LogP contribution is 2.11. The van der Waals surface area contributed by atoms with Crippen LogP contribution in [0.5, 0.6) is 0 Å². The molecule has 1 rings (SSSR count). The van der Waals surface area contributed by atoms with Crippen molar-refractivity contribution in [2.45, 2.75) is 13.5 Å². The molecule has 0 unspecified atom stereocenters. The standard InChI is InChI=1S/C13H16FNO2/c1-3-6-15(9-13(16)17)8-11-4-5-12(14)10(2)7-11/h3-5,7H,1,6,8-9H2,2H3,(H,16,17). The molecule has 1 aromatic rings. The van der Waals surface area contributed by atoms with E-state index in [9.17, 15) is 9.18 Å². The summed E-state index contributed by atoms with van der Waals surface area (Å²) in [6.07, 6.45) is 1.65. The summed E-state index contributed by atoms with van der Waals surface area (Å²) in [4.78, 5) is 12.4. The van der Waals surface area contributed by atoms with Gasteiger partial charge in [-0.05, 0) is 24.1 Å². The van der Waals surface area contributed by atoms with Crippen LogP contribution in [-0.4, -0.2) is 29.1 Å². The third-order valence-corrected chi connectivity index (χ3v) is 2.37. The molecule has 0 aliphatic heterocycles. The van der Waals surface area contributed by atoms with Crippen LogP contribution in [0.1, 0.15) is 11.1 Å². The highest BCUT2D eigenvalue weighted by Gasteiger charge is 2.09. The van der Waals surface area contributed by atoms with Crippen molar-refractivity contribution in [2.24, 2.45) is 0 Å². The van der Waals surface area contributed by atoms with Gasteiger partial charge in [-0.25, -0.2) is 4.39 Å². The van der Waals surface area contributed by atoms with Gasteiger partial charge in [-0.2, -0.15) is 0 Å². The van der Waals surface area contributed by atoms with Crippen LogP contribution in [0.25, 0.3) is 0 Å². The largest absolute Gasteiger partial charge is 0.480 e. The van der Waals surface area contributed by atoms with E-state index in [1.165, 1.54) is 6.07 Å². The first-order valence-corrected chi connectivity index (χ1v) is 5.33. The highest BCUT2D eigenvalue weighted by atomic mass is 19.1. The monoisotopic (exact) mass is 237 g/mol. The Labute approximate surface area is 100 Å². The summed E-state index contributed by atoms with van der Waals surface area (Å²) in [7, 11) is 0. The zero-order valence-electron chi connectivity index (χ0n) is 9.82. The van der Waals surface area contributed by atoms with E-state index in [1.54, 1.807) is 30.0 Å². The lowest BCUT2D eigenvalue weighted by atomic mass is 10.1. The second kappa shape index (κ2) is 6.15. The number of aryl methyl sites for hydroxylation is 1. The number of halogens is 1. The molecule has 0 atom stereocenters. The van der Waals surface area contributed by atoms with Crippen molar-refractivity contribution in [3.63, 3.8) is 0 Å². The van der Waals surface area contributed by atoms with Crippen molar-refractivity contribution in [3.8, 4) is 0 Å². The zero-order chi connectivity index (χ0) is 12.8. The Morgan fingerprint density at radius 3 is 2.82 bits per heavy atom. The molecule has 0 heterocycles. The number of benzene rings is 1. The quantitative estimate of drug-likeness (QED) is 0.771. The Kier molecular flexibility index (Phi) is 4.84. The number of nitrogens with zero attached hydrogens (tertiary/aromatic N) is 1. The number of carboxylic acid groups (broad SMARTS) is 1. The van der Waals surface area contributed by atoms with Gasteiger partial charge >= 0.3 is 5.97 Å². The van der Waals surface area contributed by atoms with Crippen LogP contribution in [0.2, 0.25) is 0 Å². The lowest BCUT2D eigenvalue weighted by molar-refractivity contribution is -0.138. The van der Waals surface area contributed by atoms with E-state index in [-0.39, 0.29) is 12.4 Å². The molecule has 0 aliphatic rings. The zero-order valence-corrected chi connectivity index (χ0v) is 9.82. The number of rotatable bonds is 6. The molecule has 1 aromatic carbocycles. The third kappa shape index (κ3) is 4.36. The molecule has 0 saturated heterocycles. The maximum atomic E-state index is 13.1. The molecule has 3 nitrogen and oxygen atoms in total. The van der Waals surface area contributed by atoms with Gasteiger partial charge in [0, 0.05) is 13.1 Å². The van der Waals surface area contributed by atoms with E-state index in [0.717, 1.165) is 5.56 Å². The Bertz CT molecular complexity index is 418. The van der Waals surface area contributed by atoms with E-state index < -0.39 is 5.97 Å².